The fourth-order valence-corrected chi connectivity index (χ4v) is 7.20. The Kier molecular flexibility index (Phi) is 2.83. The highest BCUT2D eigenvalue weighted by molar-refractivity contribution is 5.79. The molecule has 0 aromatic heterocycles. The van der Waals surface area contributed by atoms with Gasteiger partial charge in [0, 0.05) is 12.8 Å². The Morgan fingerprint density at radius 1 is 1.00 bits per heavy atom. The van der Waals surface area contributed by atoms with Crippen molar-refractivity contribution in [1.29, 1.82) is 0 Å². The molecular formula is C20H30O. The molecule has 0 N–H and O–H groups in total. The maximum atomic E-state index is 11.9. The molecule has 4 rings (SSSR count). The topological polar surface area (TPSA) is 17.1 Å². The molecule has 0 aromatic carbocycles. The van der Waals surface area contributed by atoms with Gasteiger partial charge in [0.05, 0.1) is 0 Å². The van der Waals surface area contributed by atoms with E-state index in [1.165, 1.54) is 32.1 Å². The van der Waals surface area contributed by atoms with Gasteiger partial charge in [-0.25, -0.2) is 0 Å². The van der Waals surface area contributed by atoms with E-state index in [0.717, 1.165) is 31.1 Å². The van der Waals surface area contributed by atoms with Crippen LogP contribution in [-0.4, -0.2) is 5.78 Å². The van der Waals surface area contributed by atoms with Crippen molar-refractivity contribution in [2.75, 3.05) is 0 Å². The Morgan fingerprint density at radius 2 is 1.81 bits per heavy atom. The van der Waals surface area contributed by atoms with E-state index in [2.05, 4.69) is 32.9 Å². The second-order valence-electron chi connectivity index (χ2n) is 9.28. The summed E-state index contributed by atoms with van der Waals surface area (Å²) in [5.74, 6) is 2.90. The summed E-state index contributed by atoms with van der Waals surface area (Å²) in [6, 6.07) is 0. The summed E-state index contributed by atoms with van der Waals surface area (Å²) in [6.45, 7) is 7.64. The van der Waals surface area contributed by atoms with Gasteiger partial charge < -0.3 is 0 Å². The van der Waals surface area contributed by atoms with Crippen LogP contribution >= 0.6 is 0 Å². The van der Waals surface area contributed by atoms with E-state index in [-0.39, 0.29) is 0 Å². The first-order valence-corrected chi connectivity index (χ1v) is 9.08. The van der Waals surface area contributed by atoms with Gasteiger partial charge in [0.25, 0.3) is 0 Å². The molecule has 0 heterocycles. The minimum Gasteiger partial charge on any atom is -0.300 e. The summed E-state index contributed by atoms with van der Waals surface area (Å²) in [5, 5.41) is 0. The monoisotopic (exact) mass is 286 g/mol. The molecule has 0 spiro atoms. The number of rotatable bonds is 0. The fourth-order valence-electron chi connectivity index (χ4n) is 7.20. The number of carbonyl (C=O) groups excluding carboxylic acids is 1. The number of hydrogen-bond donors (Lipinski definition) is 0. The lowest BCUT2D eigenvalue weighted by molar-refractivity contribution is -0.160. The van der Waals surface area contributed by atoms with Crippen molar-refractivity contribution in [3.8, 4) is 0 Å². The van der Waals surface area contributed by atoms with Crippen molar-refractivity contribution in [2.45, 2.75) is 72.1 Å². The van der Waals surface area contributed by atoms with E-state index >= 15 is 0 Å². The Labute approximate surface area is 129 Å². The molecule has 6 unspecified atom stereocenters. The van der Waals surface area contributed by atoms with Gasteiger partial charge in [0.1, 0.15) is 5.78 Å². The van der Waals surface area contributed by atoms with Gasteiger partial charge in [0.2, 0.25) is 0 Å². The normalized spacial score (nSPS) is 55.8. The van der Waals surface area contributed by atoms with Crippen molar-refractivity contribution in [3.63, 3.8) is 0 Å². The predicted molar refractivity (Wildman–Crippen MR) is 85.9 cm³/mol. The van der Waals surface area contributed by atoms with E-state index in [4.69, 9.17) is 0 Å². The first kappa shape index (κ1) is 14.0. The Morgan fingerprint density at radius 3 is 2.62 bits per heavy atom. The molecule has 4 aliphatic rings. The SMILES string of the molecule is CC12C=CCC1C1(C)CCC3CC(=O)CCC3(C)C1CC2. The summed E-state index contributed by atoms with van der Waals surface area (Å²) >= 11 is 0. The maximum Gasteiger partial charge on any atom is 0.133 e. The number of allylic oxidation sites excluding steroid dienone is 2. The molecule has 3 saturated carbocycles. The zero-order valence-corrected chi connectivity index (χ0v) is 14.0. The largest absolute Gasteiger partial charge is 0.300 e. The van der Waals surface area contributed by atoms with E-state index in [1.54, 1.807) is 0 Å². The van der Waals surface area contributed by atoms with Gasteiger partial charge in [-0.15, -0.1) is 0 Å². The molecule has 4 aliphatic carbocycles. The van der Waals surface area contributed by atoms with Crippen molar-refractivity contribution < 1.29 is 4.79 Å². The summed E-state index contributed by atoms with van der Waals surface area (Å²) in [4.78, 5) is 11.9. The molecule has 0 amide bonds. The van der Waals surface area contributed by atoms with Crippen LogP contribution in [0, 0.1) is 34.0 Å². The summed E-state index contributed by atoms with van der Waals surface area (Å²) < 4.78 is 0. The van der Waals surface area contributed by atoms with Crippen molar-refractivity contribution in [1.82, 2.24) is 0 Å². The van der Waals surface area contributed by atoms with Crippen LogP contribution in [0.2, 0.25) is 0 Å². The molecule has 6 atom stereocenters. The summed E-state index contributed by atoms with van der Waals surface area (Å²) in [6.07, 6.45) is 14.6. The highest BCUT2D eigenvalue weighted by atomic mass is 16.1. The average molecular weight is 286 g/mol. The van der Waals surface area contributed by atoms with Crippen LogP contribution in [0.1, 0.15) is 72.1 Å². The molecule has 0 bridgehead atoms. The van der Waals surface area contributed by atoms with Gasteiger partial charge >= 0.3 is 0 Å². The van der Waals surface area contributed by atoms with Crippen molar-refractivity contribution >= 4 is 5.78 Å². The lowest BCUT2D eigenvalue weighted by Gasteiger charge is -2.64. The van der Waals surface area contributed by atoms with Crippen LogP contribution < -0.4 is 0 Å². The average Bonchev–Trinajstić information content (AvgIpc) is 2.83. The zero-order valence-electron chi connectivity index (χ0n) is 14.0. The number of hydrogen-bond acceptors (Lipinski definition) is 1. The Bertz CT molecular complexity index is 506. The fraction of sp³-hybridized carbons (Fsp3) is 0.850. The van der Waals surface area contributed by atoms with Crippen LogP contribution in [0.15, 0.2) is 12.2 Å². The molecule has 0 radical (unpaired) electrons. The number of ketones is 1. The molecule has 21 heavy (non-hydrogen) atoms. The molecular weight excluding hydrogens is 256 g/mol. The van der Waals surface area contributed by atoms with Crippen LogP contribution in [0.25, 0.3) is 0 Å². The van der Waals surface area contributed by atoms with Gasteiger partial charge in [-0.05, 0) is 72.5 Å². The maximum absolute atomic E-state index is 11.9. The summed E-state index contributed by atoms with van der Waals surface area (Å²) in [7, 11) is 0. The molecule has 1 nitrogen and oxygen atoms in total. The van der Waals surface area contributed by atoms with E-state index in [9.17, 15) is 4.79 Å². The van der Waals surface area contributed by atoms with Gasteiger partial charge in [-0.3, -0.25) is 4.79 Å². The minimum absolute atomic E-state index is 0.435. The van der Waals surface area contributed by atoms with Crippen LogP contribution in [0.5, 0.6) is 0 Å². The lowest BCUT2D eigenvalue weighted by atomic mass is 9.40. The molecule has 0 aromatic rings. The minimum atomic E-state index is 0.435. The molecule has 3 fully saturated rings. The highest BCUT2D eigenvalue weighted by Crippen LogP contribution is 2.69. The first-order chi connectivity index (χ1) is 9.88. The van der Waals surface area contributed by atoms with Crippen LogP contribution in [0.4, 0.5) is 0 Å². The quantitative estimate of drug-likeness (QED) is 0.562. The van der Waals surface area contributed by atoms with Gasteiger partial charge in [-0.1, -0.05) is 32.9 Å². The van der Waals surface area contributed by atoms with E-state index < -0.39 is 0 Å². The van der Waals surface area contributed by atoms with E-state index in [1.807, 2.05) is 0 Å². The second kappa shape index (κ2) is 4.24. The number of carbonyl (C=O) groups is 1. The van der Waals surface area contributed by atoms with Crippen LogP contribution in [0.3, 0.4) is 0 Å². The highest BCUT2D eigenvalue weighted by Gasteiger charge is 2.62. The Balaban J connectivity index is 1.71. The van der Waals surface area contributed by atoms with Crippen molar-refractivity contribution in [3.05, 3.63) is 12.2 Å². The van der Waals surface area contributed by atoms with E-state index in [0.29, 0.717) is 27.9 Å². The smallest absolute Gasteiger partial charge is 0.133 e. The Hall–Kier alpha value is -0.590. The van der Waals surface area contributed by atoms with Gasteiger partial charge in [-0.2, -0.15) is 0 Å². The molecule has 116 valence electrons. The first-order valence-electron chi connectivity index (χ1n) is 9.08. The van der Waals surface area contributed by atoms with Crippen LogP contribution in [-0.2, 0) is 4.79 Å². The lowest BCUT2D eigenvalue weighted by Crippen LogP contribution is -2.58. The standard InChI is InChI=1S/C20H30O/c1-18-9-4-5-16(18)20(3)11-6-14-13-15(21)7-12-19(14,2)17(20)8-10-18/h4,9,14,16-17H,5-8,10-13H2,1-3H3. The molecule has 0 aliphatic heterocycles. The third-order valence-electron chi connectivity index (χ3n) is 8.41. The number of Topliss-reactive ketones (excluding diaryl/α,β-unsaturated/α-hetero) is 1. The molecule has 1 heteroatoms. The second-order valence-corrected chi connectivity index (χ2v) is 9.28. The molecule has 0 saturated heterocycles. The third-order valence-corrected chi connectivity index (χ3v) is 8.41. The zero-order chi connectivity index (χ0) is 14.9. The van der Waals surface area contributed by atoms with Crippen molar-refractivity contribution in [2.24, 2.45) is 34.0 Å². The van der Waals surface area contributed by atoms with Gasteiger partial charge in [0.15, 0.2) is 0 Å². The summed E-state index contributed by atoms with van der Waals surface area (Å²) in [5.41, 5.74) is 1.39. The third kappa shape index (κ3) is 1.72. The number of fused-ring (bicyclic) bond motifs is 5. The predicted octanol–water partition coefficient (Wildman–Crippen LogP) is 5.15.